The van der Waals surface area contributed by atoms with Crippen molar-refractivity contribution >= 4 is 43.6 Å². The number of benzene rings is 11. The predicted octanol–water partition coefficient (Wildman–Crippen LogP) is 18.3. The molecule has 8 nitrogen and oxygen atoms in total. The van der Waals surface area contributed by atoms with Gasteiger partial charge in [-0.2, -0.15) is 26.3 Å². The third kappa shape index (κ3) is 8.74. The highest BCUT2D eigenvalue weighted by atomic mass is 15.0. The lowest BCUT2D eigenvalue weighted by Gasteiger charge is -2.21. The Morgan fingerprint density at radius 2 is 0.536 bits per heavy atom. The standard InChI is InChI=1S/C76H42N8/c77-43-48-12-20-54(21-13-48)59-28-32-70-64(39-59)65-40-60(55-22-14-49(44-78)15-23-55)29-33-71(65)83(70)74-36-52(47-81)37-75(76(74)69-11-5-10-68(82-69)63-9-4-8-58(38-63)53-6-2-1-3-7-53)84-72-34-30-61(56-24-16-50(45-79)17-25-56)41-66(72)67-42-62(31-35-73(67)84)57-26-18-51(46-80)19-27-57/h1-42H. The van der Waals surface area contributed by atoms with Crippen LogP contribution in [0, 0.1) is 56.7 Å². The number of pyridine rings is 1. The number of aromatic nitrogens is 3. The number of hydrogen-bond donors (Lipinski definition) is 0. The second-order valence-electron chi connectivity index (χ2n) is 20.7. The SMILES string of the molecule is N#Cc1ccc(-c2ccc3c(c2)c2cc(-c4ccc(C#N)cc4)ccc2n3-c2cc(C#N)cc(-n3c4ccc(-c5ccc(C#N)cc5)cc4c4cc(-c5ccc(C#N)cc5)ccc43)c2-c2cccc(-c3cccc(-c4ccccc4)c3)n2)cc1. The molecule has 0 aliphatic rings. The van der Waals surface area contributed by atoms with E-state index in [0.29, 0.717) is 33.5 Å². The Labute approximate surface area is 484 Å². The quantitative estimate of drug-likeness (QED) is 0.141. The number of rotatable bonds is 9. The first-order valence-electron chi connectivity index (χ1n) is 27.3. The van der Waals surface area contributed by atoms with Gasteiger partial charge in [-0.15, -0.1) is 0 Å². The molecule has 0 spiro atoms. The number of hydrogen-bond acceptors (Lipinski definition) is 6. The zero-order chi connectivity index (χ0) is 56.8. The fourth-order valence-corrected chi connectivity index (χ4v) is 11.7. The molecule has 0 amide bonds. The largest absolute Gasteiger partial charge is 0.308 e. The minimum absolute atomic E-state index is 0.437. The van der Waals surface area contributed by atoms with Crippen molar-refractivity contribution < 1.29 is 0 Å². The second-order valence-corrected chi connectivity index (χ2v) is 20.7. The summed E-state index contributed by atoms with van der Waals surface area (Å²) in [4.78, 5) is 5.64. The topological polar surface area (TPSA) is 142 Å². The highest BCUT2D eigenvalue weighted by Gasteiger charge is 2.26. The number of nitriles is 5. The van der Waals surface area contributed by atoms with Gasteiger partial charge in [-0.1, -0.05) is 127 Å². The molecule has 0 unspecified atom stereocenters. The van der Waals surface area contributed by atoms with Crippen LogP contribution < -0.4 is 0 Å². The molecule has 3 aromatic heterocycles. The molecule has 0 saturated carbocycles. The molecule has 0 fully saturated rings. The average Bonchev–Trinajstić information content (AvgIpc) is 2.27. The molecule has 84 heavy (non-hydrogen) atoms. The second kappa shape index (κ2) is 20.7. The van der Waals surface area contributed by atoms with E-state index >= 15 is 0 Å². The van der Waals surface area contributed by atoms with Gasteiger partial charge in [0.15, 0.2) is 0 Å². The van der Waals surface area contributed by atoms with Crippen LogP contribution in [0.4, 0.5) is 0 Å². The van der Waals surface area contributed by atoms with Crippen molar-refractivity contribution in [2.75, 3.05) is 0 Å². The highest BCUT2D eigenvalue weighted by molar-refractivity contribution is 6.14. The molecular weight excluding hydrogens is 1020 g/mol. The van der Waals surface area contributed by atoms with E-state index in [-0.39, 0.29) is 0 Å². The Morgan fingerprint density at radius 3 is 0.905 bits per heavy atom. The Hall–Kier alpha value is -12.4. The molecule has 8 heteroatoms. The van der Waals surface area contributed by atoms with Crippen molar-refractivity contribution in [3.8, 4) is 120 Å². The Bertz CT molecular complexity index is 4720. The zero-order valence-corrected chi connectivity index (χ0v) is 44.8. The molecule has 0 N–H and O–H groups in total. The average molecular weight is 1070 g/mol. The minimum Gasteiger partial charge on any atom is -0.308 e. The van der Waals surface area contributed by atoms with Gasteiger partial charge in [0.1, 0.15) is 0 Å². The van der Waals surface area contributed by atoms with Gasteiger partial charge in [-0.3, -0.25) is 0 Å². The Balaban J connectivity index is 1.08. The van der Waals surface area contributed by atoms with E-state index in [4.69, 9.17) is 4.98 Å². The van der Waals surface area contributed by atoms with Crippen LogP contribution in [0.15, 0.2) is 255 Å². The normalized spacial score (nSPS) is 11.0. The molecule has 0 atom stereocenters. The molecule has 14 rings (SSSR count). The summed E-state index contributed by atoms with van der Waals surface area (Å²) in [6.45, 7) is 0. The molecule has 0 bridgehead atoms. The van der Waals surface area contributed by atoms with Crippen molar-refractivity contribution in [2.45, 2.75) is 0 Å². The smallest absolute Gasteiger partial charge is 0.0993 e. The third-order valence-corrected chi connectivity index (χ3v) is 15.9. The van der Waals surface area contributed by atoms with Crippen LogP contribution in [0.5, 0.6) is 0 Å². The minimum atomic E-state index is 0.437. The summed E-state index contributed by atoms with van der Waals surface area (Å²) in [5.74, 6) is 0. The van der Waals surface area contributed by atoms with Crippen LogP contribution in [0.25, 0.3) is 133 Å². The van der Waals surface area contributed by atoms with E-state index in [2.05, 4.69) is 161 Å². The lowest BCUT2D eigenvalue weighted by Crippen LogP contribution is -2.06. The highest BCUT2D eigenvalue weighted by Crippen LogP contribution is 2.45. The van der Waals surface area contributed by atoms with Crippen molar-refractivity contribution in [2.24, 2.45) is 0 Å². The van der Waals surface area contributed by atoms with Gasteiger partial charge < -0.3 is 9.13 Å². The predicted molar refractivity (Wildman–Crippen MR) is 335 cm³/mol. The van der Waals surface area contributed by atoms with Crippen LogP contribution in [0.1, 0.15) is 27.8 Å². The van der Waals surface area contributed by atoms with Crippen LogP contribution in [-0.2, 0) is 0 Å². The fraction of sp³-hybridized carbons (Fsp3) is 0. The number of nitrogens with zero attached hydrogens (tertiary/aromatic N) is 8. The summed E-state index contributed by atoms with van der Waals surface area (Å²) < 4.78 is 4.53. The lowest BCUT2D eigenvalue weighted by molar-refractivity contribution is 1.12. The zero-order valence-electron chi connectivity index (χ0n) is 44.8. The van der Waals surface area contributed by atoms with Gasteiger partial charge in [0.05, 0.1) is 103 Å². The Morgan fingerprint density at radius 1 is 0.238 bits per heavy atom. The molecule has 11 aromatic carbocycles. The van der Waals surface area contributed by atoms with Crippen LogP contribution in [-0.4, -0.2) is 14.1 Å². The van der Waals surface area contributed by atoms with Crippen molar-refractivity contribution in [3.05, 3.63) is 283 Å². The van der Waals surface area contributed by atoms with E-state index < -0.39 is 0 Å². The van der Waals surface area contributed by atoms with E-state index in [9.17, 15) is 26.3 Å². The molecule has 3 heterocycles. The first-order chi connectivity index (χ1) is 41.4. The van der Waals surface area contributed by atoms with Gasteiger partial charge >= 0.3 is 0 Å². The summed E-state index contributed by atoms with van der Waals surface area (Å²) in [5.41, 5.74) is 20.9. The molecule has 0 aliphatic heterocycles. The van der Waals surface area contributed by atoms with Crippen molar-refractivity contribution in [1.82, 2.24) is 14.1 Å². The van der Waals surface area contributed by atoms with E-state index in [1.807, 2.05) is 133 Å². The van der Waals surface area contributed by atoms with Gasteiger partial charge in [-0.05, 0) is 183 Å². The van der Waals surface area contributed by atoms with Crippen LogP contribution in [0.3, 0.4) is 0 Å². The summed E-state index contributed by atoms with van der Waals surface area (Å²) >= 11 is 0. The summed E-state index contributed by atoms with van der Waals surface area (Å²) in [6.07, 6.45) is 0. The molecule has 386 valence electrons. The molecular formula is C76H42N8. The van der Waals surface area contributed by atoms with E-state index in [0.717, 1.165) is 127 Å². The summed E-state index contributed by atoms with van der Waals surface area (Å²) in [6, 6.07) is 96.8. The lowest BCUT2D eigenvalue weighted by atomic mass is 9.99. The Kier molecular flexibility index (Phi) is 12.3. The first-order valence-corrected chi connectivity index (χ1v) is 27.3. The van der Waals surface area contributed by atoms with E-state index in [1.165, 1.54) is 0 Å². The molecule has 14 aromatic rings. The monoisotopic (exact) mass is 1070 g/mol. The maximum Gasteiger partial charge on any atom is 0.0993 e. The fourth-order valence-electron chi connectivity index (χ4n) is 11.7. The maximum atomic E-state index is 11.3. The summed E-state index contributed by atoms with van der Waals surface area (Å²) in [7, 11) is 0. The van der Waals surface area contributed by atoms with Crippen molar-refractivity contribution in [1.29, 1.82) is 26.3 Å². The van der Waals surface area contributed by atoms with Crippen LogP contribution in [0.2, 0.25) is 0 Å². The first kappa shape index (κ1) is 49.9. The summed E-state index contributed by atoms with van der Waals surface area (Å²) in [5, 5.41) is 54.0. The van der Waals surface area contributed by atoms with Crippen LogP contribution >= 0.6 is 0 Å². The number of fused-ring (bicyclic) bond motifs is 6. The van der Waals surface area contributed by atoms with Crippen molar-refractivity contribution in [3.63, 3.8) is 0 Å². The third-order valence-electron chi connectivity index (χ3n) is 15.9. The molecule has 0 radical (unpaired) electrons. The maximum absolute atomic E-state index is 11.3. The van der Waals surface area contributed by atoms with Gasteiger partial charge in [0.25, 0.3) is 0 Å². The van der Waals surface area contributed by atoms with E-state index in [1.54, 1.807) is 0 Å². The van der Waals surface area contributed by atoms with Gasteiger partial charge in [0.2, 0.25) is 0 Å². The molecule has 0 aliphatic carbocycles. The molecule has 0 saturated heterocycles. The van der Waals surface area contributed by atoms with Gasteiger partial charge in [0, 0.05) is 32.7 Å². The van der Waals surface area contributed by atoms with Gasteiger partial charge in [-0.25, -0.2) is 4.98 Å².